The van der Waals surface area contributed by atoms with Gasteiger partial charge in [0.15, 0.2) is 5.72 Å². The molecule has 0 heterocycles. The van der Waals surface area contributed by atoms with Crippen LogP contribution in [0, 0.1) is 11.8 Å². The van der Waals surface area contributed by atoms with E-state index in [1.165, 1.54) is 0 Å². The molecule has 0 aromatic rings. The molecular formula is C9H17NO. The van der Waals surface area contributed by atoms with E-state index in [1.54, 1.807) is 13.8 Å². The Labute approximate surface area is 69.2 Å². The lowest BCUT2D eigenvalue weighted by Crippen LogP contribution is -2.44. The molecule has 64 valence electrons. The van der Waals surface area contributed by atoms with E-state index in [2.05, 4.69) is 11.8 Å². The quantitative estimate of drug-likeness (QED) is 0.486. The standard InChI is InChI=1S/C9H17NO/c1-5-8-9(4,11)10(6-2)7-3/h11H,6-7H2,1-4H3. The highest BCUT2D eigenvalue weighted by Gasteiger charge is 2.23. The van der Waals surface area contributed by atoms with E-state index in [1.807, 2.05) is 18.7 Å². The Morgan fingerprint density at radius 3 is 2.09 bits per heavy atom. The van der Waals surface area contributed by atoms with Crippen molar-refractivity contribution in [3.63, 3.8) is 0 Å². The van der Waals surface area contributed by atoms with Crippen LogP contribution in [0.1, 0.15) is 27.7 Å². The van der Waals surface area contributed by atoms with E-state index >= 15 is 0 Å². The molecule has 0 spiro atoms. The van der Waals surface area contributed by atoms with Crippen molar-refractivity contribution in [2.75, 3.05) is 13.1 Å². The maximum Gasteiger partial charge on any atom is 0.179 e. The second-order valence-electron chi connectivity index (χ2n) is 2.57. The predicted octanol–water partition coefficient (Wildman–Crippen LogP) is 1.06. The molecule has 1 unspecified atom stereocenters. The van der Waals surface area contributed by atoms with Gasteiger partial charge in [0.05, 0.1) is 0 Å². The molecule has 1 atom stereocenters. The van der Waals surface area contributed by atoms with Gasteiger partial charge in [-0.1, -0.05) is 19.8 Å². The van der Waals surface area contributed by atoms with Gasteiger partial charge in [0, 0.05) is 0 Å². The first kappa shape index (κ1) is 10.5. The van der Waals surface area contributed by atoms with Crippen LogP contribution in [0.2, 0.25) is 0 Å². The van der Waals surface area contributed by atoms with Gasteiger partial charge in [-0.3, -0.25) is 4.90 Å². The maximum atomic E-state index is 9.73. The minimum Gasteiger partial charge on any atom is -0.365 e. The molecular weight excluding hydrogens is 138 g/mol. The molecule has 0 aliphatic heterocycles. The molecule has 1 N–H and O–H groups in total. The smallest absolute Gasteiger partial charge is 0.179 e. The van der Waals surface area contributed by atoms with Crippen LogP contribution in [0.15, 0.2) is 0 Å². The third kappa shape index (κ3) is 2.92. The number of hydrogen-bond donors (Lipinski definition) is 1. The fourth-order valence-electron chi connectivity index (χ4n) is 1.16. The summed E-state index contributed by atoms with van der Waals surface area (Å²) in [5, 5.41) is 9.73. The van der Waals surface area contributed by atoms with Crippen molar-refractivity contribution in [3.8, 4) is 11.8 Å². The zero-order valence-electron chi connectivity index (χ0n) is 7.81. The van der Waals surface area contributed by atoms with Gasteiger partial charge in [0.25, 0.3) is 0 Å². The van der Waals surface area contributed by atoms with Crippen LogP contribution < -0.4 is 0 Å². The zero-order valence-corrected chi connectivity index (χ0v) is 7.81. The van der Waals surface area contributed by atoms with E-state index in [0.717, 1.165) is 13.1 Å². The van der Waals surface area contributed by atoms with Crippen molar-refractivity contribution in [2.24, 2.45) is 0 Å². The summed E-state index contributed by atoms with van der Waals surface area (Å²) in [5.74, 6) is 5.47. The average Bonchev–Trinajstić information content (AvgIpc) is 1.89. The van der Waals surface area contributed by atoms with Crippen LogP contribution in [0.4, 0.5) is 0 Å². The average molecular weight is 155 g/mol. The van der Waals surface area contributed by atoms with Crippen LogP contribution in [0.25, 0.3) is 0 Å². The van der Waals surface area contributed by atoms with E-state index in [-0.39, 0.29) is 0 Å². The van der Waals surface area contributed by atoms with Gasteiger partial charge in [-0.05, 0) is 26.9 Å². The van der Waals surface area contributed by atoms with Crippen molar-refractivity contribution in [1.82, 2.24) is 4.90 Å². The first-order valence-electron chi connectivity index (χ1n) is 3.99. The van der Waals surface area contributed by atoms with Gasteiger partial charge in [-0.25, -0.2) is 0 Å². The van der Waals surface area contributed by atoms with Crippen molar-refractivity contribution in [3.05, 3.63) is 0 Å². The van der Waals surface area contributed by atoms with Crippen molar-refractivity contribution >= 4 is 0 Å². The van der Waals surface area contributed by atoms with E-state index in [4.69, 9.17) is 0 Å². The number of rotatable bonds is 3. The summed E-state index contributed by atoms with van der Waals surface area (Å²) in [5.41, 5.74) is -0.960. The Morgan fingerprint density at radius 1 is 1.36 bits per heavy atom. The molecule has 0 amide bonds. The Bertz CT molecular complexity index is 160. The number of aliphatic hydroxyl groups is 1. The molecule has 0 saturated heterocycles. The normalized spacial score (nSPS) is 15.5. The third-order valence-corrected chi connectivity index (χ3v) is 1.74. The minimum absolute atomic E-state index is 0.818. The molecule has 0 saturated carbocycles. The van der Waals surface area contributed by atoms with Crippen LogP contribution in [0.5, 0.6) is 0 Å². The molecule has 0 radical (unpaired) electrons. The second kappa shape index (κ2) is 4.38. The molecule has 0 fully saturated rings. The SMILES string of the molecule is CC#CC(C)(O)N(CC)CC. The van der Waals surface area contributed by atoms with Gasteiger partial charge in [0.1, 0.15) is 0 Å². The molecule has 11 heavy (non-hydrogen) atoms. The lowest BCUT2D eigenvalue weighted by Gasteiger charge is -2.30. The Morgan fingerprint density at radius 2 is 1.82 bits per heavy atom. The lowest BCUT2D eigenvalue weighted by molar-refractivity contribution is -0.0379. The molecule has 0 aromatic carbocycles. The fraction of sp³-hybridized carbons (Fsp3) is 0.778. The first-order chi connectivity index (χ1) is 5.08. The molecule has 0 aromatic heterocycles. The fourth-order valence-corrected chi connectivity index (χ4v) is 1.16. The topological polar surface area (TPSA) is 23.5 Å². The Hall–Kier alpha value is -0.520. The molecule has 2 nitrogen and oxygen atoms in total. The number of nitrogens with zero attached hydrogens (tertiary/aromatic N) is 1. The van der Waals surface area contributed by atoms with Crippen molar-refractivity contribution < 1.29 is 5.11 Å². The second-order valence-corrected chi connectivity index (χ2v) is 2.57. The Kier molecular flexibility index (Phi) is 4.17. The molecule has 0 aliphatic carbocycles. The van der Waals surface area contributed by atoms with E-state index in [0.29, 0.717) is 0 Å². The van der Waals surface area contributed by atoms with Crippen molar-refractivity contribution in [1.29, 1.82) is 0 Å². The van der Waals surface area contributed by atoms with Crippen molar-refractivity contribution in [2.45, 2.75) is 33.4 Å². The van der Waals surface area contributed by atoms with Crippen LogP contribution in [-0.4, -0.2) is 28.8 Å². The summed E-state index contributed by atoms with van der Waals surface area (Å²) in [7, 11) is 0. The largest absolute Gasteiger partial charge is 0.365 e. The van der Waals surface area contributed by atoms with Crippen LogP contribution in [0.3, 0.4) is 0 Å². The minimum atomic E-state index is -0.960. The van der Waals surface area contributed by atoms with E-state index < -0.39 is 5.72 Å². The summed E-state index contributed by atoms with van der Waals surface area (Å²) in [6.45, 7) is 9.11. The van der Waals surface area contributed by atoms with Gasteiger partial charge in [-0.2, -0.15) is 0 Å². The maximum absolute atomic E-state index is 9.73. The van der Waals surface area contributed by atoms with Crippen LogP contribution in [-0.2, 0) is 0 Å². The summed E-state index contributed by atoms with van der Waals surface area (Å²) >= 11 is 0. The van der Waals surface area contributed by atoms with E-state index in [9.17, 15) is 5.11 Å². The number of hydrogen-bond acceptors (Lipinski definition) is 2. The molecule has 2 heteroatoms. The monoisotopic (exact) mass is 155 g/mol. The first-order valence-corrected chi connectivity index (χ1v) is 3.99. The predicted molar refractivity (Wildman–Crippen MR) is 47.0 cm³/mol. The highest BCUT2D eigenvalue weighted by atomic mass is 16.3. The zero-order chi connectivity index (χ0) is 8.91. The summed E-state index contributed by atoms with van der Waals surface area (Å²) in [4.78, 5) is 1.91. The summed E-state index contributed by atoms with van der Waals surface area (Å²) < 4.78 is 0. The highest BCUT2D eigenvalue weighted by Crippen LogP contribution is 2.08. The van der Waals surface area contributed by atoms with Gasteiger partial charge >= 0.3 is 0 Å². The lowest BCUT2D eigenvalue weighted by atomic mass is 10.2. The Balaban J connectivity index is 4.32. The highest BCUT2D eigenvalue weighted by molar-refractivity contribution is 5.09. The molecule has 0 aliphatic rings. The molecule has 0 bridgehead atoms. The van der Waals surface area contributed by atoms with Gasteiger partial charge < -0.3 is 5.11 Å². The molecule has 0 rings (SSSR count). The van der Waals surface area contributed by atoms with Crippen LogP contribution >= 0.6 is 0 Å². The summed E-state index contributed by atoms with van der Waals surface area (Å²) in [6.07, 6.45) is 0. The van der Waals surface area contributed by atoms with Gasteiger partial charge in [0.2, 0.25) is 0 Å². The third-order valence-electron chi connectivity index (χ3n) is 1.74. The summed E-state index contributed by atoms with van der Waals surface area (Å²) in [6, 6.07) is 0. The van der Waals surface area contributed by atoms with Gasteiger partial charge in [-0.15, -0.1) is 5.92 Å².